The third-order valence-corrected chi connectivity index (χ3v) is 4.33. The minimum absolute atomic E-state index is 0.132. The Labute approximate surface area is 119 Å². The van der Waals surface area contributed by atoms with Crippen molar-refractivity contribution in [3.63, 3.8) is 0 Å². The summed E-state index contributed by atoms with van der Waals surface area (Å²) in [4.78, 5) is 0. The number of fused-ring (bicyclic) bond motifs is 1. The van der Waals surface area contributed by atoms with Crippen LogP contribution >= 0.6 is 0 Å². The van der Waals surface area contributed by atoms with E-state index in [0.717, 1.165) is 17.7 Å². The zero-order valence-electron chi connectivity index (χ0n) is 12.2. The second-order valence-corrected chi connectivity index (χ2v) is 5.82. The van der Waals surface area contributed by atoms with Crippen molar-refractivity contribution < 1.29 is 9.52 Å². The smallest absolute Gasteiger partial charge is 0.120 e. The van der Waals surface area contributed by atoms with Crippen LogP contribution in [0.15, 0.2) is 34.9 Å². The number of aryl methyl sites for hydroxylation is 1. The summed E-state index contributed by atoms with van der Waals surface area (Å²) in [6.45, 7) is 6.44. The van der Waals surface area contributed by atoms with Crippen LogP contribution in [0.5, 0.6) is 5.75 Å². The van der Waals surface area contributed by atoms with Gasteiger partial charge in [0, 0.05) is 11.6 Å². The van der Waals surface area contributed by atoms with Gasteiger partial charge in [0.25, 0.3) is 0 Å². The lowest BCUT2D eigenvalue weighted by Gasteiger charge is -2.20. The highest BCUT2D eigenvalue weighted by atomic mass is 16.3. The Kier molecular flexibility index (Phi) is 3.30. The molecule has 3 rings (SSSR count). The van der Waals surface area contributed by atoms with Gasteiger partial charge in [0.05, 0.1) is 12.3 Å². The van der Waals surface area contributed by atoms with Crippen molar-refractivity contribution in [2.24, 2.45) is 0 Å². The number of furan rings is 1. The van der Waals surface area contributed by atoms with Gasteiger partial charge >= 0.3 is 0 Å². The van der Waals surface area contributed by atoms with Crippen molar-refractivity contribution in [3.8, 4) is 5.75 Å². The molecule has 20 heavy (non-hydrogen) atoms. The Morgan fingerprint density at radius 3 is 2.80 bits per heavy atom. The predicted molar refractivity (Wildman–Crippen MR) is 78.9 cm³/mol. The maximum Gasteiger partial charge on any atom is 0.120 e. The number of phenols is 1. The molecule has 106 valence electrons. The van der Waals surface area contributed by atoms with Gasteiger partial charge in [-0.05, 0) is 55.5 Å². The topological polar surface area (TPSA) is 45.4 Å². The summed E-state index contributed by atoms with van der Waals surface area (Å²) in [5, 5.41) is 13.8. The Bertz CT molecular complexity index is 604. The van der Waals surface area contributed by atoms with E-state index >= 15 is 0 Å². The molecule has 1 aliphatic rings. The third-order valence-electron chi connectivity index (χ3n) is 4.33. The number of aromatic hydroxyl groups is 1. The van der Waals surface area contributed by atoms with E-state index in [-0.39, 0.29) is 12.1 Å². The lowest BCUT2D eigenvalue weighted by Crippen LogP contribution is -2.22. The maximum atomic E-state index is 10.2. The summed E-state index contributed by atoms with van der Waals surface area (Å²) in [5.41, 5.74) is 3.63. The molecular formula is C17H21NO2. The molecule has 2 aromatic rings. The number of nitrogens with one attached hydrogen (secondary N) is 1. The van der Waals surface area contributed by atoms with Crippen molar-refractivity contribution >= 4 is 0 Å². The highest BCUT2D eigenvalue weighted by Crippen LogP contribution is 2.46. The summed E-state index contributed by atoms with van der Waals surface area (Å²) in [7, 11) is 0. The van der Waals surface area contributed by atoms with E-state index in [1.807, 2.05) is 18.2 Å². The fourth-order valence-corrected chi connectivity index (χ4v) is 3.42. The van der Waals surface area contributed by atoms with Gasteiger partial charge in [-0.2, -0.15) is 0 Å². The van der Waals surface area contributed by atoms with E-state index in [0.29, 0.717) is 11.7 Å². The molecule has 0 saturated carbocycles. The molecule has 1 aromatic carbocycles. The number of rotatable bonds is 3. The number of hydrogen-bond acceptors (Lipinski definition) is 3. The van der Waals surface area contributed by atoms with Gasteiger partial charge in [0.2, 0.25) is 0 Å². The molecule has 1 heterocycles. The molecule has 3 nitrogen and oxygen atoms in total. The zero-order chi connectivity index (χ0) is 14.3. The fraction of sp³-hybridized carbons (Fsp3) is 0.412. The first-order valence-corrected chi connectivity index (χ1v) is 7.19. The van der Waals surface area contributed by atoms with Crippen LogP contribution in [0.2, 0.25) is 0 Å². The summed E-state index contributed by atoms with van der Waals surface area (Å²) >= 11 is 0. The van der Waals surface area contributed by atoms with E-state index < -0.39 is 0 Å². The predicted octanol–water partition coefficient (Wildman–Crippen LogP) is 4.19. The molecule has 3 heteroatoms. The standard InChI is InChI=1S/C17H21NO2/c1-10-6-7-14(19)17-13(9-11(2)16(10)17)18-12(3)15-5-4-8-20-15/h4-8,11-13,18-19H,9H2,1-3H3/t11?,12-,13?/m1/s1. The van der Waals surface area contributed by atoms with Crippen LogP contribution in [0.3, 0.4) is 0 Å². The van der Waals surface area contributed by atoms with E-state index in [4.69, 9.17) is 4.42 Å². The van der Waals surface area contributed by atoms with Crippen molar-refractivity contribution in [1.29, 1.82) is 0 Å². The quantitative estimate of drug-likeness (QED) is 0.879. The molecule has 1 aliphatic carbocycles. The molecule has 0 radical (unpaired) electrons. The lowest BCUT2D eigenvalue weighted by atomic mass is 9.97. The average molecular weight is 271 g/mol. The molecule has 2 N–H and O–H groups in total. The van der Waals surface area contributed by atoms with Gasteiger partial charge < -0.3 is 14.8 Å². The Morgan fingerprint density at radius 1 is 1.30 bits per heavy atom. The Morgan fingerprint density at radius 2 is 2.10 bits per heavy atom. The van der Waals surface area contributed by atoms with E-state index in [1.165, 1.54) is 11.1 Å². The van der Waals surface area contributed by atoms with Gasteiger partial charge in [-0.15, -0.1) is 0 Å². The van der Waals surface area contributed by atoms with Crippen molar-refractivity contribution in [2.75, 3.05) is 0 Å². The molecule has 0 bridgehead atoms. The third kappa shape index (κ3) is 2.12. The second-order valence-electron chi connectivity index (χ2n) is 5.82. The summed E-state index contributed by atoms with van der Waals surface area (Å²) < 4.78 is 5.45. The molecule has 0 amide bonds. The molecule has 0 spiro atoms. The van der Waals surface area contributed by atoms with Crippen LogP contribution in [0.25, 0.3) is 0 Å². The van der Waals surface area contributed by atoms with Gasteiger partial charge in [-0.3, -0.25) is 0 Å². The lowest BCUT2D eigenvalue weighted by molar-refractivity contribution is 0.377. The molecule has 0 fully saturated rings. The number of hydrogen-bond donors (Lipinski definition) is 2. The van der Waals surface area contributed by atoms with E-state index in [2.05, 4.69) is 26.1 Å². The zero-order valence-corrected chi connectivity index (χ0v) is 12.2. The normalized spacial score (nSPS) is 22.8. The molecule has 0 aliphatic heterocycles. The maximum absolute atomic E-state index is 10.2. The van der Waals surface area contributed by atoms with Crippen LogP contribution < -0.4 is 5.32 Å². The highest BCUT2D eigenvalue weighted by molar-refractivity contribution is 5.51. The monoisotopic (exact) mass is 271 g/mol. The van der Waals surface area contributed by atoms with Gasteiger partial charge in [-0.25, -0.2) is 0 Å². The van der Waals surface area contributed by atoms with Crippen molar-refractivity contribution in [3.05, 3.63) is 53.0 Å². The van der Waals surface area contributed by atoms with Gasteiger partial charge in [0.1, 0.15) is 11.5 Å². The first kappa shape index (κ1) is 13.3. The number of benzene rings is 1. The van der Waals surface area contributed by atoms with Gasteiger partial charge in [-0.1, -0.05) is 13.0 Å². The molecule has 1 aromatic heterocycles. The van der Waals surface area contributed by atoms with Crippen LogP contribution in [0.1, 0.15) is 60.7 Å². The van der Waals surface area contributed by atoms with Crippen LogP contribution in [0, 0.1) is 6.92 Å². The van der Waals surface area contributed by atoms with Crippen molar-refractivity contribution in [2.45, 2.75) is 45.2 Å². The van der Waals surface area contributed by atoms with E-state index in [9.17, 15) is 5.11 Å². The second kappa shape index (κ2) is 4.98. The fourth-order valence-electron chi connectivity index (χ4n) is 3.42. The first-order chi connectivity index (χ1) is 9.58. The molecule has 0 saturated heterocycles. The van der Waals surface area contributed by atoms with Gasteiger partial charge in [0.15, 0.2) is 0 Å². The average Bonchev–Trinajstić information content (AvgIpc) is 3.03. The van der Waals surface area contributed by atoms with E-state index in [1.54, 1.807) is 12.3 Å². The number of phenolic OH excluding ortho intramolecular Hbond substituents is 1. The molecular weight excluding hydrogens is 250 g/mol. The summed E-state index contributed by atoms with van der Waals surface area (Å²) in [6, 6.07) is 8.00. The van der Waals surface area contributed by atoms with Crippen LogP contribution in [-0.4, -0.2) is 5.11 Å². The minimum atomic E-state index is 0.132. The Balaban J connectivity index is 1.90. The first-order valence-electron chi connectivity index (χ1n) is 7.19. The highest BCUT2D eigenvalue weighted by Gasteiger charge is 2.33. The summed E-state index contributed by atoms with van der Waals surface area (Å²) in [5.74, 6) is 1.80. The van der Waals surface area contributed by atoms with Crippen LogP contribution in [0.4, 0.5) is 0 Å². The molecule has 3 atom stereocenters. The van der Waals surface area contributed by atoms with Crippen molar-refractivity contribution in [1.82, 2.24) is 5.32 Å². The SMILES string of the molecule is Cc1ccc(O)c2c1C(C)CC2N[C@H](C)c1ccco1. The Hall–Kier alpha value is -1.74. The van der Waals surface area contributed by atoms with Crippen LogP contribution in [-0.2, 0) is 0 Å². The minimum Gasteiger partial charge on any atom is -0.508 e. The largest absolute Gasteiger partial charge is 0.508 e. The summed E-state index contributed by atoms with van der Waals surface area (Å²) in [6.07, 6.45) is 2.71. The molecule has 2 unspecified atom stereocenters.